The number of carbonyl (C=O) groups excluding carboxylic acids is 1. The molecule has 0 aliphatic carbocycles. The molecule has 5 heteroatoms. The Morgan fingerprint density at radius 2 is 1.91 bits per heavy atom. The van der Waals surface area contributed by atoms with Crippen molar-refractivity contribution in [3.8, 4) is 0 Å². The summed E-state index contributed by atoms with van der Waals surface area (Å²) in [5.41, 5.74) is 8.90. The zero-order chi connectivity index (χ0) is 15.8. The van der Waals surface area contributed by atoms with E-state index in [1.165, 1.54) is 11.3 Å². The van der Waals surface area contributed by atoms with Gasteiger partial charge < -0.3 is 9.47 Å². The Labute approximate surface area is 136 Å². The van der Waals surface area contributed by atoms with Gasteiger partial charge in [-0.3, -0.25) is 4.79 Å². The quantitative estimate of drug-likeness (QED) is 0.892. The van der Waals surface area contributed by atoms with Crippen LogP contribution in [0.25, 0.3) is 0 Å². The summed E-state index contributed by atoms with van der Waals surface area (Å²) in [4.78, 5) is 14.9. The maximum atomic E-state index is 12.9. The van der Waals surface area contributed by atoms with Crippen LogP contribution in [0.4, 0.5) is 0 Å². The molecule has 1 aromatic carbocycles. The van der Waals surface area contributed by atoms with Crippen LogP contribution in [0.2, 0.25) is 0 Å². The number of carbonyl (C=O) groups is 1. The van der Waals surface area contributed by atoms with Crippen LogP contribution in [0.15, 0.2) is 48.7 Å². The lowest BCUT2D eigenvalue weighted by Gasteiger charge is -2.36. The summed E-state index contributed by atoms with van der Waals surface area (Å²) in [6, 6.07) is 14.6. The second kappa shape index (κ2) is 5.83. The molecule has 3 unspecified atom stereocenters. The molecule has 2 aromatic rings. The first-order valence-electron chi connectivity index (χ1n) is 8.25. The average Bonchev–Trinajstić information content (AvgIpc) is 3.25. The maximum absolute atomic E-state index is 12.9. The molecule has 2 aliphatic rings. The van der Waals surface area contributed by atoms with Gasteiger partial charge in [-0.15, -0.1) is 0 Å². The number of fused-ring (bicyclic) bond motifs is 1. The largest absolute Gasteiger partial charge is 0.348 e. The first-order chi connectivity index (χ1) is 11.2. The van der Waals surface area contributed by atoms with Gasteiger partial charge in [-0.25, -0.2) is 10.9 Å². The number of rotatable bonds is 2. The maximum Gasteiger partial charge on any atom is 0.241 e. The van der Waals surface area contributed by atoms with Crippen LogP contribution in [0.5, 0.6) is 0 Å². The molecule has 3 atom stereocenters. The molecule has 1 amide bonds. The van der Waals surface area contributed by atoms with E-state index in [-0.39, 0.29) is 24.0 Å². The molecule has 4 rings (SSSR count). The lowest BCUT2D eigenvalue weighted by molar-refractivity contribution is -0.136. The van der Waals surface area contributed by atoms with Gasteiger partial charge in [0, 0.05) is 31.0 Å². The molecule has 0 spiro atoms. The molecule has 2 N–H and O–H groups in total. The van der Waals surface area contributed by atoms with E-state index in [1.54, 1.807) is 0 Å². The number of nitrogens with zero attached hydrogens (tertiary/aromatic N) is 2. The highest BCUT2D eigenvalue weighted by atomic mass is 16.2. The molecule has 23 heavy (non-hydrogen) atoms. The summed E-state index contributed by atoms with van der Waals surface area (Å²) < 4.78 is 2.24. The number of nitrogens with one attached hydrogen (secondary N) is 2. The van der Waals surface area contributed by atoms with Gasteiger partial charge in [0.1, 0.15) is 6.04 Å². The van der Waals surface area contributed by atoms with Gasteiger partial charge in [-0.1, -0.05) is 30.3 Å². The first-order valence-corrected chi connectivity index (χ1v) is 8.25. The molecule has 1 aromatic heterocycles. The summed E-state index contributed by atoms with van der Waals surface area (Å²) >= 11 is 0. The number of benzene rings is 1. The Morgan fingerprint density at radius 3 is 2.74 bits per heavy atom. The molecular weight excluding hydrogens is 288 g/mol. The van der Waals surface area contributed by atoms with E-state index in [0.29, 0.717) is 0 Å². The van der Waals surface area contributed by atoms with Crippen molar-refractivity contribution < 1.29 is 4.79 Å². The Kier molecular flexibility index (Phi) is 3.67. The minimum absolute atomic E-state index is 0.129. The van der Waals surface area contributed by atoms with E-state index in [1.807, 2.05) is 23.1 Å². The zero-order valence-electron chi connectivity index (χ0n) is 13.3. The first kappa shape index (κ1) is 14.5. The smallest absolute Gasteiger partial charge is 0.241 e. The molecule has 1 fully saturated rings. The third kappa shape index (κ3) is 2.56. The van der Waals surface area contributed by atoms with Crippen LogP contribution in [0, 0.1) is 0 Å². The summed E-state index contributed by atoms with van der Waals surface area (Å²) in [5.74, 6) is 0.191. The highest BCUT2D eigenvalue weighted by Crippen LogP contribution is 2.28. The fraction of sp³-hybridized carbons (Fsp3) is 0.389. The van der Waals surface area contributed by atoms with Crippen molar-refractivity contribution in [3.05, 3.63) is 59.9 Å². The van der Waals surface area contributed by atoms with Crippen LogP contribution in [0.1, 0.15) is 36.7 Å². The highest BCUT2D eigenvalue weighted by Gasteiger charge is 2.36. The van der Waals surface area contributed by atoms with Crippen molar-refractivity contribution in [1.82, 2.24) is 20.3 Å². The molecule has 120 valence electrons. The van der Waals surface area contributed by atoms with Crippen molar-refractivity contribution in [3.63, 3.8) is 0 Å². The van der Waals surface area contributed by atoms with Gasteiger partial charge >= 0.3 is 0 Å². The third-order valence-corrected chi connectivity index (χ3v) is 5.03. The molecule has 0 saturated carbocycles. The molecule has 3 heterocycles. The van der Waals surface area contributed by atoms with Gasteiger partial charge in [0.25, 0.3) is 0 Å². The lowest BCUT2D eigenvalue weighted by atomic mass is 10.0. The van der Waals surface area contributed by atoms with E-state index < -0.39 is 0 Å². The van der Waals surface area contributed by atoms with Crippen LogP contribution in [-0.2, 0) is 11.3 Å². The number of amides is 1. The monoisotopic (exact) mass is 310 g/mol. The fourth-order valence-electron chi connectivity index (χ4n) is 3.70. The molecular formula is C18H22N4O. The fourth-order valence-corrected chi connectivity index (χ4v) is 3.70. The van der Waals surface area contributed by atoms with Crippen molar-refractivity contribution in [2.24, 2.45) is 0 Å². The second-order valence-corrected chi connectivity index (χ2v) is 6.37. The summed E-state index contributed by atoms with van der Waals surface area (Å²) in [5, 5.41) is 0. The highest BCUT2D eigenvalue weighted by molar-refractivity contribution is 5.82. The Hall–Kier alpha value is -2.11. The standard InChI is InChI=1S/C18H22N4O/c1-13-17-8-5-9-21(17)10-11-22(13)18(23)16-12-15(19-20-16)14-6-3-2-4-7-14/h2-9,13,15-16,19-20H,10-12H2,1H3. The summed E-state index contributed by atoms with van der Waals surface area (Å²) in [6.07, 6.45) is 2.88. The minimum atomic E-state index is -0.163. The van der Waals surface area contributed by atoms with E-state index in [4.69, 9.17) is 0 Å². The van der Waals surface area contributed by atoms with E-state index >= 15 is 0 Å². The number of hydrogen-bond donors (Lipinski definition) is 2. The Morgan fingerprint density at radius 1 is 1.09 bits per heavy atom. The Bertz CT molecular complexity index is 696. The molecule has 0 bridgehead atoms. The summed E-state index contributed by atoms with van der Waals surface area (Å²) in [7, 11) is 0. The summed E-state index contributed by atoms with van der Waals surface area (Å²) in [6.45, 7) is 3.76. The lowest BCUT2D eigenvalue weighted by Crippen LogP contribution is -2.49. The third-order valence-electron chi connectivity index (χ3n) is 5.03. The van der Waals surface area contributed by atoms with Crippen LogP contribution in [0.3, 0.4) is 0 Å². The van der Waals surface area contributed by atoms with E-state index in [0.717, 1.165) is 19.5 Å². The van der Waals surface area contributed by atoms with Gasteiger partial charge in [0.2, 0.25) is 5.91 Å². The molecule has 0 radical (unpaired) electrons. The number of hydrazine groups is 1. The van der Waals surface area contributed by atoms with Crippen LogP contribution < -0.4 is 10.9 Å². The van der Waals surface area contributed by atoms with Gasteiger partial charge in [-0.2, -0.15) is 0 Å². The van der Waals surface area contributed by atoms with Crippen LogP contribution in [-0.4, -0.2) is 28.0 Å². The van der Waals surface area contributed by atoms with E-state index in [2.05, 4.69) is 52.8 Å². The van der Waals surface area contributed by atoms with Crippen LogP contribution >= 0.6 is 0 Å². The van der Waals surface area contributed by atoms with Gasteiger partial charge in [0.15, 0.2) is 0 Å². The van der Waals surface area contributed by atoms with Crippen molar-refractivity contribution in [2.75, 3.05) is 6.54 Å². The predicted octanol–water partition coefficient (Wildman–Crippen LogP) is 2.00. The normalized spacial score (nSPS) is 27.0. The molecule has 5 nitrogen and oxygen atoms in total. The van der Waals surface area contributed by atoms with Gasteiger partial charge in [0.05, 0.1) is 6.04 Å². The SMILES string of the molecule is CC1c2cccn2CCN1C(=O)C1CC(c2ccccc2)NN1. The van der Waals surface area contributed by atoms with Crippen molar-refractivity contribution >= 4 is 5.91 Å². The topological polar surface area (TPSA) is 49.3 Å². The number of hydrogen-bond acceptors (Lipinski definition) is 3. The zero-order valence-corrected chi connectivity index (χ0v) is 13.3. The predicted molar refractivity (Wildman–Crippen MR) is 88.4 cm³/mol. The van der Waals surface area contributed by atoms with Crippen molar-refractivity contribution in [2.45, 2.75) is 38.0 Å². The average molecular weight is 310 g/mol. The van der Waals surface area contributed by atoms with E-state index in [9.17, 15) is 4.79 Å². The van der Waals surface area contributed by atoms with Gasteiger partial charge in [-0.05, 0) is 31.0 Å². The second-order valence-electron chi connectivity index (χ2n) is 6.37. The van der Waals surface area contributed by atoms with Crippen molar-refractivity contribution in [1.29, 1.82) is 0 Å². The molecule has 1 saturated heterocycles. The molecule has 2 aliphatic heterocycles. The Balaban J connectivity index is 1.46. The minimum Gasteiger partial charge on any atom is -0.348 e. The number of aromatic nitrogens is 1.